The maximum absolute atomic E-state index is 4.31. The van der Waals surface area contributed by atoms with E-state index in [0.717, 1.165) is 18.4 Å². The first kappa shape index (κ1) is 11.6. The summed E-state index contributed by atoms with van der Waals surface area (Å²) in [6.45, 7) is 3.50. The summed E-state index contributed by atoms with van der Waals surface area (Å²) < 4.78 is 2.05. The van der Waals surface area contributed by atoms with Crippen LogP contribution >= 0.6 is 0 Å². The predicted octanol–water partition coefficient (Wildman–Crippen LogP) is 2.16. The Morgan fingerprint density at radius 1 is 1.50 bits per heavy atom. The van der Waals surface area contributed by atoms with Crippen molar-refractivity contribution in [3.05, 3.63) is 18.0 Å². The maximum atomic E-state index is 4.31. The summed E-state index contributed by atoms with van der Waals surface area (Å²) in [6, 6.07) is 2.19. The monoisotopic (exact) mass is 221 g/mol. The molecule has 0 saturated heterocycles. The second-order valence-electron chi connectivity index (χ2n) is 5.22. The van der Waals surface area contributed by atoms with E-state index in [9.17, 15) is 0 Å². The average Bonchev–Trinajstić information content (AvgIpc) is 2.67. The third-order valence-corrected chi connectivity index (χ3v) is 3.96. The molecule has 3 nitrogen and oxygen atoms in total. The molecule has 1 aliphatic rings. The third kappa shape index (κ3) is 2.29. The first-order chi connectivity index (χ1) is 7.72. The van der Waals surface area contributed by atoms with Crippen LogP contribution in [0.3, 0.4) is 0 Å². The van der Waals surface area contributed by atoms with Gasteiger partial charge >= 0.3 is 0 Å². The summed E-state index contributed by atoms with van der Waals surface area (Å²) >= 11 is 0. The van der Waals surface area contributed by atoms with Crippen molar-refractivity contribution in [2.45, 2.75) is 32.1 Å². The first-order valence-corrected chi connectivity index (χ1v) is 6.35. The summed E-state index contributed by atoms with van der Waals surface area (Å²) in [5, 5.41) is 7.64. The maximum Gasteiger partial charge on any atom is 0.0492 e. The van der Waals surface area contributed by atoms with Crippen LogP contribution in [0, 0.1) is 11.8 Å². The van der Waals surface area contributed by atoms with E-state index in [0.29, 0.717) is 5.92 Å². The number of rotatable bonds is 3. The minimum Gasteiger partial charge on any atom is -0.319 e. The Kier molecular flexibility index (Phi) is 3.64. The van der Waals surface area contributed by atoms with Gasteiger partial charge in [0.15, 0.2) is 0 Å². The van der Waals surface area contributed by atoms with Crippen LogP contribution in [0.25, 0.3) is 0 Å². The van der Waals surface area contributed by atoms with Crippen LogP contribution in [0.2, 0.25) is 0 Å². The molecule has 0 spiro atoms. The minimum atomic E-state index is 0.684. The predicted molar refractivity (Wildman–Crippen MR) is 66.4 cm³/mol. The fourth-order valence-electron chi connectivity index (χ4n) is 3.06. The molecule has 1 fully saturated rings. The second-order valence-corrected chi connectivity index (χ2v) is 5.22. The molecule has 2 rings (SSSR count). The summed E-state index contributed by atoms with van der Waals surface area (Å²) in [5.74, 6) is 2.31. The zero-order chi connectivity index (χ0) is 11.5. The molecule has 0 radical (unpaired) electrons. The van der Waals surface area contributed by atoms with Crippen molar-refractivity contribution in [3.8, 4) is 0 Å². The van der Waals surface area contributed by atoms with Gasteiger partial charge in [-0.1, -0.05) is 13.3 Å². The largest absolute Gasteiger partial charge is 0.319 e. The summed E-state index contributed by atoms with van der Waals surface area (Å²) in [6.07, 6.45) is 5.95. The molecule has 90 valence electrons. The van der Waals surface area contributed by atoms with Gasteiger partial charge in [0.25, 0.3) is 0 Å². The number of aryl methyl sites for hydroxylation is 1. The molecule has 1 heterocycles. The van der Waals surface area contributed by atoms with E-state index in [-0.39, 0.29) is 0 Å². The van der Waals surface area contributed by atoms with Crippen molar-refractivity contribution in [3.63, 3.8) is 0 Å². The highest BCUT2D eigenvalue weighted by molar-refractivity contribution is 5.11. The molecule has 1 saturated carbocycles. The van der Waals surface area contributed by atoms with Gasteiger partial charge in [-0.2, -0.15) is 5.10 Å². The Balaban J connectivity index is 2.17. The average molecular weight is 221 g/mol. The van der Waals surface area contributed by atoms with Crippen LogP contribution in [-0.4, -0.2) is 23.4 Å². The number of nitrogens with zero attached hydrogens (tertiary/aromatic N) is 2. The first-order valence-electron chi connectivity index (χ1n) is 6.35. The zero-order valence-corrected chi connectivity index (χ0v) is 10.6. The van der Waals surface area contributed by atoms with Crippen molar-refractivity contribution in [1.82, 2.24) is 15.1 Å². The van der Waals surface area contributed by atoms with Crippen molar-refractivity contribution in [2.24, 2.45) is 18.9 Å². The van der Waals surface area contributed by atoms with E-state index in [1.165, 1.54) is 25.0 Å². The molecule has 3 atom stereocenters. The van der Waals surface area contributed by atoms with Gasteiger partial charge in [-0.3, -0.25) is 4.68 Å². The van der Waals surface area contributed by atoms with Gasteiger partial charge in [0.05, 0.1) is 0 Å². The minimum absolute atomic E-state index is 0.684. The van der Waals surface area contributed by atoms with Gasteiger partial charge in [-0.15, -0.1) is 0 Å². The van der Waals surface area contributed by atoms with Crippen LogP contribution in [0.5, 0.6) is 0 Å². The Hall–Kier alpha value is -0.830. The number of hydrogen-bond acceptors (Lipinski definition) is 2. The van der Waals surface area contributed by atoms with Crippen LogP contribution in [0.1, 0.15) is 37.8 Å². The Morgan fingerprint density at radius 2 is 2.31 bits per heavy atom. The van der Waals surface area contributed by atoms with Crippen LogP contribution < -0.4 is 5.32 Å². The molecular weight excluding hydrogens is 198 g/mol. The van der Waals surface area contributed by atoms with Crippen LogP contribution in [0.15, 0.2) is 12.3 Å². The highest BCUT2D eigenvalue weighted by Gasteiger charge is 2.30. The number of hydrogen-bond donors (Lipinski definition) is 1. The van der Waals surface area contributed by atoms with Gasteiger partial charge < -0.3 is 5.32 Å². The van der Waals surface area contributed by atoms with Crippen molar-refractivity contribution < 1.29 is 0 Å². The van der Waals surface area contributed by atoms with Crippen LogP contribution in [0.4, 0.5) is 0 Å². The third-order valence-electron chi connectivity index (χ3n) is 3.96. The molecule has 0 amide bonds. The molecule has 1 aliphatic carbocycles. The smallest absolute Gasteiger partial charge is 0.0492 e. The Labute approximate surface area is 98.2 Å². The molecule has 16 heavy (non-hydrogen) atoms. The quantitative estimate of drug-likeness (QED) is 0.847. The van der Waals surface area contributed by atoms with Crippen molar-refractivity contribution in [1.29, 1.82) is 0 Å². The number of nitrogens with one attached hydrogen (secondary N) is 1. The SMILES string of the molecule is CNCC1CCC(C)CC1c1ccnn1C. The van der Waals surface area contributed by atoms with Gasteiger partial charge in [0.1, 0.15) is 0 Å². The Morgan fingerprint density at radius 3 is 2.94 bits per heavy atom. The lowest BCUT2D eigenvalue weighted by Crippen LogP contribution is -2.31. The fourth-order valence-corrected chi connectivity index (χ4v) is 3.06. The molecule has 1 aromatic rings. The van der Waals surface area contributed by atoms with Gasteiger partial charge in [0.2, 0.25) is 0 Å². The lowest BCUT2D eigenvalue weighted by Gasteiger charge is -2.35. The van der Waals surface area contributed by atoms with Crippen LogP contribution in [-0.2, 0) is 7.05 Å². The second kappa shape index (κ2) is 5.00. The molecule has 3 unspecified atom stereocenters. The normalized spacial score (nSPS) is 30.6. The van der Waals surface area contributed by atoms with E-state index in [2.05, 4.69) is 37.5 Å². The molecule has 3 heteroatoms. The molecule has 0 bridgehead atoms. The van der Waals surface area contributed by atoms with Gasteiger partial charge in [-0.25, -0.2) is 0 Å². The van der Waals surface area contributed by atoms with Crippen molar-refractivity contribution in [2.75, 3.05) is 13.6 Å². The highest BCUT2D eigenvalue weighted by atomic mass is 15.3. The summed E-state index contributed by atoms with van der Waals surface area (Å²) in [5.41, 5.74) is 1.41. The summed E-state index contributed by atoms with van der Waals surface area (Å²) in [7, 11) is 4.11. The van der Waals surface area contributed by atoms with E-state index in [1.54, 1.807) is 0 Å². The van der Waals surface area contributed by atoms with Gasteiger partial charge in [0, 0.05) is 24.9 Å². The molecule has 0 aromatic carbocycles. The van der Waals surface area contributed by atoms with E-state index >= 15 is 0 Å². The molecule has 0 aliphatic heterocycles. The molecular formula is C13H23N3. The Bertz CT molecular complexity index is 332. The molecule has 1 aromatic heterocycles. The molecule has 1 N–H and O–H groups in total. The van der Waals surface area contributed by atoms with E-state index in [1.807, 2.05) is 10.9 Å². The lowest BCUT2D eigenvalue weighted by molar-refractivity contribution is 0.237. The highest BCUT2D eigenvalue weighted by Crippen LogP contribution is 2.39. The van der Waals surface area contributed by atoms with E-state index in [4.69, 9.17) is 0 Å². The zero-order valence-electron chi connectivity index (χ0n) is 10.6. The lowest BCUT2D eigenvalue weighted by atomic mass is 9.73. The van der Waals surface area contributed by atoms with E-state index < -0.39 is 0 Å². The van der Waals surface area contributed by atoms with Gasteiger partial charge in [-0.05, 0) is 44.3 Å². The topological polar surface area (TPSA) is 29.9 Å². The number of aromatic nitrogens is 2. The standard InChI is InChI=1S/C13H23N3/c1-10-4-5-11(9-14-2)12(8-10)13-6-7-15-16(13)3/h6-7,10-12,14H,4-5,8-9H2,1-3H3. The fraction of sp³-hybridized carbons (Fsp3) is 0.769. The summed E-state index contributed by atoms with van der Waals surface area (Å²) in [4.78, 5) is 0. The van der Waals surface area contributed by atoms with Crippen molar-refractivity contribution >= 4 is 0 Å².